The molecular weight excluding hydrogens is 300 g/mol. The first-order valence-corrected chi connectivity index (χ1v) is 9.75. The number of rotatable bonds is 1. The van der Waals surface area contributed by atoms with Crippen LogP contribution in [0.25, 0.3) is 0 Å². The molecule has 0 saturated heterocycles. The third kappa shape index (κ3) is 1.80. The zero-order valence-electron chi connectivity index (χ0n) is 15.4. The number of aliphatic hydroxyl groups is 1. The average Bonchev–Trinajstić information content (AvgIpc) is 2.74. The van der Waals surface area contributed by atoms with Gasteiger partial charge in [0.05, 0.1) is 18.6 Å². The van der Waals surface area contributed by atoms with E-state index in [9.17, 15) is 9.90 Å². The molecule has 134 valence electrons. The van der Waals surface area contributed by atoms with Crippen LogP contribution >= 0.6 is 0 Å². The summed E-state index contributed by atoms with van der Waals surface area (Å²) < 4.78 is 5.22. The summed E-state index contributed by atoms with van der Waals surface area (Å²) in [4.78, 5) is 12.6. The van der Waals surface area contributed by atoms with Gasteiger partial charge in [-0.1, -0.05) is 19.9 Å². The van der Waals surface area contributed by atoms with Crippen LogP contribution in [0.4, 0.5) is 0 Å². The Hall–Kier alpha value is -0.830. The minimum absolute atomic E-state index is 0.0274. The molecule has 4 fully saturated rings. The molecule has 0 amide bonds. The van der Waals surface area contributed by atoms with Crippen molar-refractivity contribution in [3.8, 4) is 0 Å². The summed E-state index contributed by atoms with van der Waals surface area (Å²) >= 11 is 0. The Morgan fingerprint density at radius 3 is 2.62 bits per heavy atom. The van der Waals surface area contributed by atoms with E-state index in [-0.39, 0.29) is 28.3 Å². The van der Waals surface area contributed by atoms with Gasteiger partial charge in [0.25, 0.3) is 0 Å². The average molecular weight is 332 g/mol. The van der Waals surface area contributed by atoms with Crippen LogP contribution in [0, 0.1) is 34.0 Å². The van der Waals surface area contributed by atoms with Gasteiger partial charge in [-0.3, -0.25) is 4.79 Å². The fourth-order valence-corrected chi connectivity index (χ4v) is 7.84. The molecule has 4 aliphatic rings. The van der Waals surface area contributed by atoms with E-state index in [1.807, 2.05) is 0 Å². The predicted octanol–water partition coefficient (Wildman–Crippen LogP) is 4.10. The van der Waals surface area contributed by atoms with E-state index in [0.29, 0.717) is 17.8 Å². The number of carbonyl (C=O) groups is 1. The summed E-state index contributed by atoms with van der Waals surface area (Å²) in [5.41, 5.74) is 0.891. The Labute approximate surface area is 145 Å². The summed E-state index contributed by atoms with van der Waals surface area (Å²) in [5.74, 6) is 1.38. The molecule has 3 heteroatoms. The lowest BCUT2D eigenvalue weighted by molar-refractivity contribution is -0.192. The monoisotopic (exact) mass is 332 g/mol. The van der Waals surface area contributed by atoms with Crippen LogP contribution in [0.5, 0.6) is 0 Å². The smallest absolute Gasteiger partial charge is 0.311 e. The molecule has 7 atom stereocenters. The minimum atomic E-state index is -0.360. The van der Waals surface area contributed by atoms with Crippen LogP contribution in [-0.4, -0.2) is 24.3 Å². The molecule has 0 aromatic carbocycles. The maximum atomic E-state index is 12.6. The van der Waals surface area contributed by atoms with Crippen molar-refractivity contribution in [3.05, 3.63) is 12.2 Å². The molecule has 4 rings (SSSR count). The van der Waals surface area contributed by atoms with Gasteiger partial charge in [0, 0.05) is 5.41 Å². The first-order valence-electron chi connectivity index (χ1n) is 9.75. The van der Waals surface area contributed by atoms with Crippen LogP contribution in [0.1, 0.15) is 65.2 Å². The van der Waals surface area contributed by atoms with E-state index in [1.54, 1.807) is 0 Å². The standard InChI is InChI=1S/C21H32O3/c1-13-14-6-7-16-19(2)9-5-10-20(3,18(23)24-4)15(19)8-11-21(16,12-14)17(13)22/h14-17,22H,1,5-12H2,2-4H3/t14-,15?,16+,17+,19-,20-,21-/m1/s1. The molecule has 0 radical (unpaired) electrons. The summed E-state index contributed by atoms with van der Waals surface area (Å²) in [7, 11) is 1.53. The van der Waals surface area contributed by atoms with Gasteiger partial charge < -0.3 is 9.84 Å². The van der Waals surface area contributed by atoms with Crippen LogP contribution in [0.15, 0.2) is 12.2 Å². The number of methoxy groups -OCH3 is 1. The van der Waals surface area contributed by atoms with Crippen molar-refractivity contribution in [1.29, 1.82) is 0 Å². The molecule has 3 nitrogen and oxygen atoms in total. The molecule has 2 bridgehead atoms. The van der Waals surface area contributed by atoms with Crippen molar-refractivity contribution in [2.24, 2.45) is 34.0 Å². The lowest BCUT2D eigenvalue weighted by Gasteiger charge is -2.63. The highest BCUT2D eigenvalue weighted by molar-refractivity contribution is 5.77. The van der Waals surface area contributed by atoms with E-state index in [2.05, 4.69) is 20.4 Å². The van der Waals surface area contributed by atoms with Crippen molar-refractivity contribution in [1.82, 2.24) is 0 Å². The third-order valence-corrected chi connectivity index (χ3v) is 8.87. The highest BCUT2D eigenvalue weighted by Gasteiger charge is 2.67. The molecule has 0 heterocycles. The summed E-state index contributed by atoms with van der Waals surface area (Å²) in [6.45, 7) is 8.78. The maximum Gasteiger partial charge on any atom is 0.311 e. The number of esters is 1. The molecule has 4 aliphatic carbocycles. The SMILES string of the molecule is C=C1[C@@H]2CC[C@@H]3[C@@](CCC4[C@](C)(C(=O)OC)CCC[C@]43C)(C2)[C@H]1O. The van der Waals surface area contributed by atoms with Crippen LogP contribution in [0.3, 0.4) is 0 Å². The van der Waals surface area contributed by atoms with Crippen LogP contribution in [-0.2, 0) is 9.53 Å². The molecule has 4 saturated carbocycles. The second kappa shape index (κ2) is 5.09. The Bertz CT molecular complexity index is 584. The highest BCUT2D eigenvalue weighted by Crippen LogP contribution is 2.72. The van der Waals surface area contributed by atoms with E-state index in [4.69, 9.17) is 4.74 Å². The molecule has 1 unspecified atom stereocenters. The molecule has 1 spiro atoms. The van der Waals surface area contributed by atoms with Crippen molar-refractivity contribution in [2.45, 2.75) is 71.3 Å². The molecule has 0 aromatic rings. The van der Waals surface area contributed by atoms with Crippen LogP contribution in [0.2, 0.25) is 0 Å². The first-order chi connectivity index (χ1) is 11.3. The van der Waals surface area contributed by atoms with E-state index >= 15 is 0 Å². The lowest BCUT2D eigenvalue weighted by Crippen LogP contribution is -2.60. The van der Waals surface area contributed by atoms with Gasteiger partial charge in [0.15, 0.2) is 0 Å². The summed E-state index contributed by atoms with van der Waals surface area (Å²) in [6, 6.07) is 0. The first kappa shape index (κ1) is 16.6. The van der Waals surface area contributed by atoms with Gasteiger partial charge in [-0.25, -0.2) is 0 Å². The zero-order valence-corrected chi connectivity index (χ0v) is 15.4. The second-order valence-corrected chi connectivity index (χ2v) is 9.60. The van der Waals surface area contributed by atoms with Gasteiger partial charge in [-0.15, -0.1) is 0 Å². The van der Waals surface area contributed by atoms with Gasteiger partial charge in [-0.05, 0) is 80.6 Å². The van der Waals surface area contributed by atoms with E-state index < -0.39 is 0 Å². The van der Waals surface area contributed by atoms with Crippen LogP contribution < -0.4 is 0 Å². The normalized spacial score (nSPS) is 53.2. The summed E-state index contributed by atoms with van der Waals surface area (Å²) in [5, 5.41) is 11.1. The Morgan fingerprint density at radius 2 is 1.92 bits per heavy atom. The van der Waals surface area contributed by atoms with E-state index in [1.165, 1.54) is 26.4 Å². The molecule has 0 aliphatic heterocycles. The molecule has 0 aromatic heterocycles. The fraction of sp³-hybridized carbons (Fsp3) is 0.857. The van der Waals surface area contributed by atoms with Gasteiger partial charge >= 0.3 is 5.97 Å². The number of ether oxygens (including phenoxy) is 1. The predicted molar refractivity (Wildman–Crippen MR) is 93.2 cm³/mol. The number of hydrogen-bond acceptors (Lipinski definition) is 3. The number of hydrogen-bond donors (Lipinski definition) is 1. The molecule has 1 N–H and O–H groups in total. The van der Waals surface area contributed by atoms with Gasteiger partial charge in [0.1, 0.15) is 0 Å². The topological polar surface area (TPSA) is 46.5 Å². The Kier molecular flexibility index (Phi) is 3.53. The van der Waals surface area contributed by atoms with Crippen molar-refractivity contribution >= 4 is 5.97 Å². The minimum Gasteiger partial charge on any atom is -0.469 e. The van der Waals surface area contributed by atoms with Crippen molar-refractivity contribution in [2.75, 3.05) is 7.11 Å². The second-order valence-electron chi connectivity index (χ2n) is 9.60. The molecular formula is C21H32O3. The lowest BCUT2D eigenvalue weighted by atomic mass is 9.40. The maximum absolute atomic E-state index is 12.6. The summed E-state index contributed by atoms with van der Waals surface area (Å²) in [6.07, 6.45) is 8.43. The quantitative estimate of drug-likeness (QED) is 0.581. The third-order valence-electron chi connectivity index (χ3n) is 8.87. The number of fused-ring (bicyclic) bond motifs is 3. The largest absolute Gasteiger partial charge is 0.469 e. The Balaban J connectivity index is 1.76. The Morgan fingerprint density at radius 1 is 1.17 bits per heavy atom. The fourth-order valence-electron chi connectivity index (χ4n) is 7.84. The number of carbonyl (C=O) groups excluding carboxylic acids is 1. The zero-order chi connectivity index (χ0) is 17.3. The highest BCUT2D eigenvalue weighted by atomic mass is 16.5. The molecule has 24 heavy (non-hydrogen) atoms. The number of aliphatic hydroxyl groups excluding tert-OH is 1. The van der Waals surface area contributed by atoms with Gasteiger partial charge in [0.2, 0.25) is 0 Å². The van der Waals surface area contributed by atoms with E-state index in [0.717, 1.165) is 37.7 Å². The van der Waals surface area contributed by atoms with Crippen molar-refractivity contribution in [3.63, 3.8) is 0 Å². The van der Waals surface area contributed by atoms with Gasteiger partial charge in [-0.2, -0.15) is 0 Å². The van der Waals surface area contributed by atoms with Crippen molar-refractivity contribution < 1.29 is 14.6 Å².